The molecule has 0 aliphatic heterocycles. The first-order valence-electron chi connectivity index (χ1n) is 10.6. The lowest BCUT2D eigenvalue weighted by Gasteiger charge is -2.28. The predicted octanol–water partition coefficient (Wildman–Crippen LogP) is 2.69. The van der Waals surface area contributed by atoms with E-state index in [1.165, 1.54) is 0 Å². The summed E-state index contributed by atoms with van der Waals surface area (Å²) in [6, 6.07) is 0. The molecular weight excluding hydrogens is 356 g/mol. The zero-order valence-electron chi connectivity index (χ0n) is 19.3. The van der Waals surface area contributed by atoms with Gasteiger partial charge in [0.05, 0.1) is 32.3 Å². The van der Waals surface area contributed by atoms with Gasteiger partial charge in [-0.2, -0.15) is 0 Å². The van der Waals surface area contributed by atoms with Crippen molar-refractivity contribution in [3.63, 3.8) is 0 Å². The molecule has 0 aliphatic carbocycles. The summed E-state index contributed by atoms with van der Waals surface area (Å²) in [5.74, 6) is 0.306. The van der Waals surface area contributed by atoms with Crippen molar-refractivity contribution in [3.8, 4) is 0 Å². The van der Waals surface area contributed by atoms with Crippen molar-refractivity contribution in [2.45, 2.75) is 61.5 Å². The van der Waals surface area contributed by atoms with Gasteiger partial charge in [0, 0.05) is 37.4 Å². The second kappa shape index (κ2) is 14.0. The minimum Gasteiger partial charge on any atom is -0.377 e. The second-order valence-electron chi connectivity index (χ2n) is 8.77. The van der Waals surface area contributed by atoms with E-state index in [0.717, 1.165) is 0 Å². The number of ether oxygens (including phenoxy) is 1. The zero-order valence-corrected chi connectivity index (χ0v) is 19.3. The molecule has 28 heavy (non-hydrogen) atoms. The van der Waals surface area contributed by atoms with Gasteiger partial charge < -0.3 is 4.74 Å². The Balaban J connectivity index is 4.98. The molecule has 0 aromatic rings. The Bertz CT molecular complexity index is 465. The smallest absolute Gasteiger partial charge is 0.149 e. The molecule has 0 bridgehead atoms. The summed E-state index contributed by atoms with van der Waals surface area (Å²) in [6.07, 6.45) is 0.145. The molecule has 6 nitrogen and oxygen atoms in total. The van der Waals surface area contributed by atoms with Gasteiger partial charge in [0.2, 0.25) is 0 Å². The molecule has 0 heterocycles. The van der Waals surface area contributed by atoms with Gasteiger partial charge in [-0.05, 0) is 13.8 Å². The van der Waals surface area contributed by atoms with Gasteiger partial charge >= 0.3 is 0 Å². The number of rotatable bonds is 16. The van der Waals surface area contributed by atoms with Gasteiger partial charge in [-0.15, -0.1) is 0 Å². The van der Waals surface area contributed by atoms with Crippen LogP contribution in [0.5, 0.6) is 0 Å². The monoisotopic (exact) mass is 398 g/mol. The van der Waals surface area contributed by atoms with Crippen molar-refractivity contribution in [2.24, 2.45) is 17.8 Å². The molecule has 0 N–H and O–H groups in total. The summed E-state index contributed by atoms with van der Waals surface area (Å²) in [7, 11) is 0. The SMILES string of the molecule is CC(C)OCCN(CCN(CC(=O)C(C)C)CC(=O)C(C)C)CC(=O)C(C)C. The highest BCUT2D eigenvalue weighted by Crippen LogP contribution is 2.04. The van der Waals surface area contributed by atoms with Gasteiger partial charge in [-0.3, -0.25) is 24.2 Å². The van der Waals surface area contributed by atoms with E-state index >= 15 is 0 Å². The number of hydrogen-bond acceptors (Lipinski definition) is 6. The molecule has 0 aromatic carbocycles. The van der Waals surface area contributed by atoms with Crippen LogP contribution in [0.4, 0.5) is 0 Å². The first-order chi connectivity index (χ1) is 12.9. The summed E-state index contributed by atoms with van der Waals surface area (Å²) in [5, 5.41) is 0. The Morgan fingerprint density at radius 3 is 1.32 bits per heavy atom. The van der Waals surface area contributed by atoms with E-state index in [1.54, 1.807) is 0 Å². The zero-order chi connectivity index (χ0) is 21.9. The number of ketones is 3. The van der Waals surface area contributed by atoms with Gasteiger partial charge in [-0.1, -0.05) is 41.5 Å². The van der Waals surface area contributed by atoms with Crippen LogP contribution in [0.1, 0.15) is 55.4 Å². The lowest BCUT2D eigenvalue weighted by Crippen LogP contribution is -2.44. The molecule has 0 saturated carbocycles. The Morgan fingerprint density at radius 2 is 0.964 bits per heavy atom. The Morgan fingerprint density at radius 1 is 0.607 bits per heavy atom. The van der Waals surface area contributed by atoms with Crippen molar-refractivity contribution < 1.29 is 19.1 Å². The number of hydrogen-bond donors (Lipinski definition) is 0. The van der Waals surface area contributed by atoms with Crippen LogP contribution in [0.25, 0.3) is 0 Å². The lowest BCUT2D eigenvalue weighted by atomic mass is 10.1. The fourth-order valence-electron chi connectivity index (χ4n) is 2.39. The molecule has 6 heteroatoms. The van der Waals surface area contributed by atoms with Crippen LogP contribution in [0.2, 0.25) is 0 Å². The maximum Gasteiger partial charge on any atom is 0.149 e. The van der Waals surface area contributed by atoms with Crippen LogP contribution >= 0.6 is 0 Å². The van der Waals surface area contributed by atoms with E-state index in [1.807, 2.05) is 60.3 Å². The predicted molar refractivity (Wildman–Crippen MR) is 114 cm³/mol. The molecule has 0 aliphatic rings. The average molecular weight is 399 g/mol. The largest absolute Gasteiger partial charge is 0.377 e. The molecule has 0 radical (unpaired) electrons. The molecule has 0 aromatic heterocycles. The summed E-state index contributed by atoms with van der Waals surface area (Å²) in [6.45, 7) is 18.6. The van der Waals surface area contributed by atoms with Crippen molar-refractivity contribution in [2.75, 3.05) is 45.9 Å². The maximum atomic E-state index is 12.2. The molecule has 0 atom stereocenters. The molecule has 0 saturated heterocycles. The number of nitrogens with zero attached hydrogens (tertiary/aromatic N) is 2. The first-order valence-corrected chi connectivity index (χ1v) is 10.6. The van der Waals surface area contributed by atoms with Crippen molar-refractivity contribution in [1.29, 1.82) is 0 Å². The highest BCUT2D eigenvalue weighted by molar-refractivity contribution is 5.85. The van der Waals surface area contributed by atoms with E-state index in [2.05, 4.69) is 4.90 Å². The third-order valence-electron chi connectivity index (χ3n) is 4.66. The van der Waals surface area contributed by atoms with E-state index in [0.29, 0.717) is 32.8 Å². The topological polar surface area (TPSA) is 66.9 Å². The fourth-order valence-corrected chi connectivity index (χ4v) is 2.39. The molecule has 0 spiro atoms. The standard InChI is InChI=1S/C22H42N2O4/c1-16(2)20(25)13-23(11-12-28-19(7)8)9-10-24(14-21(26)17(3)4)15-22(27)18(5)6/h16-19H,9-15H2,1-8H3. The number of carbonyl (C=O) groups is 3. The van der Waals surface area contributed by atoms with E-state index < -0.39 is 0 Å². The van der Waals surface area contributed by atoms with Crippen molar-refractivity contribution in [1.82, 2.24) is 9.80 Å². The van der Waals surface area contributed by atoms with Crippen LogP contribution in [-0.4, -0.2) is 79.1 Å². The van der Waals surface area contributed by atoms with E-state index in [4.69, 9.17) is 4.74 Å². The number of Topliss-reactive ketones (excluding diaryl/α,β-unsaturated/α-hetero) is 3. The second-order valence-corrected chi connectivity index (χ2v) is 8.77. The first kappa shape index (κ1) is 26.9. The Hall–Kier alpha value is -1.11. The van der Waals surface area contributed by atoms with Crippen LogP contribution in [-0.2, 0) is 19.1 Å². The molecular formula is C22H42N2O4. The fraction of sp³-hybridized carbons (Fsp3) is 0.864. The van der Waals surface area contributed by atoms with Crippen molar-refractivity contribution in [3.05, 3.63) is 0 Å². The summed E-state index contributed by atoms with van der Waals surface area (Å²) in [4.78, 5) is 40.7. The quantitative estimate of drug-likeness (QED) is 0.398. The van der Waals surface area contributed by atoms with Gasteiger partial charge in [0.25, 0.3) is 0 Å². The van der Waals surface area contributed by atoms with Crippen LogP contribution < -0.4 is 0 Å². The summed E-state index contributed by atoms with van der Waals surface area (Å²) in [5.41, 5.74) is 0. The lowest BCUT2D eigenvalue weighted by molar-refractivity contribution is -0.127. The van der Waals surface area contributed by atoms with E-state index in [-0.39, 0.29) is 54.3 Å². The molecule has 164 valence electrons. The highest BCUT2D eigenvalue weighted by atomic mass is 16.5. The van der Waals surface area contributed by atoms with Crippen LogP contribution in [0, 0.1) is 17.8 Å². The highest BCUT2D eigenvalue weighted by Gasteiger charge is 2.20. The average Bonchev–Trinajstić information content (AvgIpc) is 2.58. The normalized spacial score (nSPS) is 12.2. The van der Waals surface area contributed by atoms with Gasteiger partial charge in [0.1, 0.15) is 17.3 Å². The van der Waals surface area contributed by atoms with Gasteiger partial charge in [-0.25, -0.2) is 0 Å². The molecule has 0 rings (SSSR count). The Labute approximate surface area is 172 Å². The third-order valence-corrected chi connectivity index (χ3v) is 4.66. The Kier molecular flexibility index (Phi) is 13.4. The van der Waals surface area contributed by atoms with Crippen LogP contribution in [0.3, 0.4) is 0 Å². The summed E-state index contributed by atoms with van der Waals surface area (Å²) >= 11 is 0. The number of carbonyl (C=O) groups excluding carboxylic acids is 3. The van der Waals surface area contributed by atoms with E-state index in [9.17, 15) is 14.4 Å². The third kappa shape index (κ3) is 12.4. The minimum atomic E-state index is -0.0604. The summed E-state index contributed by atoms with van der Waals surface area (Å²) < 4.78 is 5.64. The maximum absolute atomic E-state index is 12.2. The molecule has 0 fully saturated rings. The van der Waals surface area contributed by atoms with Crippen molar-refractivity contribution >= 4 is 17.3 Å². The van der Waals surface area contributed by atoms with Gasteiger partial charge in [0.15, 0.2) is 0 Å². The molecule has 0 unspecified atom stereocenters. The minimum absolute atomic E-state index is 0.0188. The molecule has 0 amide bonds. The van der Waals surface area contributed by atoms with Crippen LogP contribution in [0.15, 0.2) is 0 Å².